The zero-order valence-corrected chi connectivity index (χ0v) is 23.3. The number of thiazole rings is 1. The van der Waals surface area contributed by atoms with E-state index in [9.17, 15) is 18.0 Å². The number of amides is 1. The van der Waals surface area contributed by atoms with Crippen LogP contribution in [0.5, 0.6) is 0 Å². The quantitative estimate of drug-likeness (QED) is 0.386. The van der Waals surface area contributed by atoms with Gasteiger partial charge in [-0.25, -0.2) is 13.2 Å². The largest absolute Gasteiger partial charge is 0.444 e. The van der Waals surface area contributed by atoms with Crippen molar-refractivity contribution >= 4 is 60.4 Å². The Hall–Kier alpha value is -2.99. The van der Waals surface area contributed by atoms with Crippen LogP contribution < -0.4 is 15.0 Å². The Labute approximate surface area is 230 Å². The van der Waals surface area contributed by atoms with Crippen molar-refractivity contribution in [1.82, 2.24) is 9.88 Å². The molecule has 0 saturated carbocycles. The Bertz CT molecular complexity index is 1530. The molecule has 1 unspecified atom stereocenters. The van der Waals surface area contributed by atoms with Crippen LogP contribution in [0.3, 0.4) is 0 Å². The Morgan fingerprint density at radius 3 is 2.79 bits per heavy atom. The summed E-state index contributed by atoms with van der Waals surface area (Å²) in [4.78, 5) is 31.9. The van der Waals surface area contributed by atoms with E-state index in [0.717, 1.165) is 15.8 Å². The van der Waals surface area contributed by atoms with Crippen LogP contribution in [0.15, 0.2) is 65.1 Å². The lowest BCUT2D eigenvalue weighted by molar-refractivity contribution is -0.120. The molecule has 38 heavy (non-hydrogen) atoms. The molecule has 1 aromatic heterocycles. The van der Waals surface area contributed by atoms with Crippen LogP contribution in [0, 0.1) is 0 Å². The van der Waals surface area contributed by atoms with Crippen LogP contribution in [0.25, 0.3) is 10.8 Å². The first-order valence-electron chi connectivity index (χ1n) is 12.2. The Morgan fingerprint density at radius 2 is 2.03 bits per heavy atom. The Morgan fingerprint density at radius 1 is 1.26 bits per heavy atom. The van der Waals surface area contributed by atoms with Gasteiger partial charge < -0.3 is 19.5 Å². The summed E-state index contributed by atoms with van der Waals surface area (Å²) >= 11 is 7.31. The lowest BCUT2D eigenvalue weighted by atomic mass is 10.1. The van der Waals surface area contributed by atoms with Crippen LogP contribution in [0.1, 0.15) is 13.3 Å². The molecular weight excluding hydrogens is 548 g/mol. The van der Waals surface area contributed by atoms with Crippen LogP contribution in [-0.4, -0.2) is 62.9 Å². The molecule has 1 amide bonds. The first-order chi connectivity index (χ1) is 18.2. The second-order valence-corrected chi connectivity index (χ2v) is 12.3. The van der Waals surface area contributed by atoms with Gasteiger partial charge in [-0.3, -0.25) is 4.79 Å². The van der Waals surface area contributed by atoms with Crippen molar-refractivity contribution in [1.29, 1.82) is 0 Å². The first-order valence-corrected chi connectivity index (χ1v) is 15.0. The fourth-order valence-corrected chi connectivity index (χ4v) is 6.81. The molecule has 1 fully saturated rings. The second kappa shape index (κ2) is 12.2. The lowest BCUT2D eigenvalue weighted by Crippen LogP contribution is -2.55. The van der Waals surface area contributed by atoms with Gasteiger partial charge in [0.2, 0.25) is 0 Å². The predicted molar refractivity (Wildman–Crippen MR) is 150 cm³/mol. The SMILES string of the molecule is C=CCOC(=O)/N=c1\sc(N2CCNCC2C(=O)CCS(=O)(=O)c2ccc3cc(Cl)ccc3c2)cn1CC. The number of hydrogen-bond donors (Lipinski definition) is 1. The summed E-state index contributed by atoms with van der Waals surface area (Å²) in [5.74, 6) is -0.460. The molecule has 1 atom stereocenters. The molecule has 1 saturated heterocycles. The molecule has 1 aliphatic rings. The highest BCUT2D eigenvalue weighted by atomic mass is 35.5. The van der Waals surface area contributed by atoms with Gasteiger partial charge in [-0.05, 0) is 42.0 Å². The van der Waals surface area contributed by atoms with Gasteiger partial charge in [0.15, 0.2) is 20.4 Å². The normalized spacial score (nSPS) is 16.5. The molecule has 9 nitrogen and oxygen atoms in total. The van der Waals surface area contributed by atoms with Crippen molar-refractivity contribution in [3.63, 3.8) is 0 Å². The van der Waals surface area contributed by atoms with Crippen LogP contribution in [0.4, 0.5) is 9.80 Å². The van der Waals surface area contributed by atoms with Gasteiger partial charge in [-0.1, -0.05) is 47.7 Å². The summed E-state index contributed by atoms with van der Waals surface area (Å²) in [6.07, 6.45) is 2.49. The average Bonchev–Trinajstić information content (AvgIpc) is 3.32. The Balaban J connectivity index is 1.50. The highest BCUT2D eigenvalue weighted by Crippen LogP contribution is 2.25. The predicted octanol–water partition coefficient (Wildman–Crippen LogP) is 3.81. The molecular formula is C26H29ClN4O5S2. The molecule has 12 heteroatoms. The van der Waals surface area contributed by atoms with E-state index >= 15 is 0 Å². The zero-order valence-electron chi connectivity index (χ0n) is 20.9. The molecule has 1 N–H and O–H groups in total. The van der Waals surface area contributed by atoms with E-state index < -0.39 is 22.0 Å². The summed E-state index contributed by atoms with van der Waals surface area (Å²) in [6, 6.07) is 9.60. The number of ketones is 1. The number of sulfone groups is 1. The standard InChI is InChI=1S/C26H29ClN4O5S2/c1-3-12-36-26(33)29-25-30(4-2)17-24(37-25)31-11-10-28-16-22(31)23(32)9-13-38(34,35)21-8-6-18-14-20(27)7-5-19(18)15-21/h3,5-8,14-15,17,22,28H,1,4,9-13,16H2,2H3/b29-25-. The maximum absolute atomic E-state index is 13.3. The fourth-order valence-electron chi connectivity index (χ4n) is 4.22. The molecule has 0 bridgehead atoms. The lowest BCUT2D eigenvalue weighted by Gasteiger charge is -2.35. The minimum Gasteiger partial charge on any atom is -0.444 e. The number of piperazine rings is 1. The topological polar surface area (TPSA) is 110 Å². The van der Waals surface area contributed by atoms with Crippen molar-refractivity contribution in [3.05, 3.63) is 65.1 Å². The maximum atomic E-state index is 13.3. The number of nitrogens with one attached hydrogen (secondary N) is 1. The van der Waals surface area contributed by atoms with Gasteiger partial charge in [0.1, 0.15) is 17.6 Å². The molecule has 202 valence electrons. The molecule has 0 spiro atoms. The Kier molecular flexibility index (Phi) is 9.03. The van der Waals surface area contributed by atoms with E-state index in [1.165, 1.54) is 17.4 Å². The zero-order chi connectivity index (χ0) is 27.3. The molecule has 4 rings (SSSR count). The minimum absolute atomic E-state index is 0.0670. The van der Waals surface area contributed by atoms with E-state index in [1.54, 1.807) is 36.4 Å². The van der Waals surface area contributed by atoms with Crippen molar-refractivity contribution in [3.8, 4) is 0 Å². The number of hydrogen-bond acceptors (Lipinski definition) is 8. The number of ether oxygens (including phenoxy) is 1. The number of halogens is 1. The first kappa shape index (κ1) is 28.0. The smallest absolute Gasteiger partial charge is 0.436 e. The van der Waals surface area contributed by atoms with Crippen LogP contribution in [-0.2, 0) is 25.9 Å². The monoisotopic (exact) mass is 576 g/mol. The van der Waals surface area contributed by atoms with Crippen molar-refractivity contribution < 1.29 is 22.7 Å². The van der Waals surface area contributed by atoms with Gasteiger partial charge >= 0.3 is 6.09 Å². The second-order valence-electron chi connectivity index (χ2n) is 8.72. The highest BCUT2D eigenvalue weighted by molar-refractivity contribution is 7.91. The molecule has 2 aromatic carbocycles. The van der Waals surface area contributed by atoms with E-state index in [-0.39, 0.29) is 29.5 Å². The number of aromatic nitrogens is 1. The average molecular weight is 577 g/mol. The van der Waals surface area contributed by atoms with E-state index in [2.05, 4.69) is 16.9 Å². The summed E-state index contributed by atoms with van der Waals surface area (Å²) in [5, 5.41) is 6.19. The maximum Gasteiger partial charge on any atom is 0.436 e. The van der Waals surface area contributed by atoms with Crippen molar-refractivity contribution in [2.45, 2.75) is 30.8 Å². The molecule has 0 aliphatic carbocycles. The van der Waals surface area contributed by atoms with Gasteiger partial charge in [-0.15, -0.1) is 4.99 Å². The summed E-state index contributed by atoms with van der Waals surface area (Å²) < 4.78 is 32.9. The highest BCUT2D eigenvalue weighted by Gasteiger charge is 2.31. The summed E-state index contributed by atoms with van der Waals surface area (Å²) in [7, 11) is -3.67. The van der Waals surface area contributed by atoms with Gasteiger partial charge in [-0.2, -0.15) is 0 Å². The van der Waals surface area contributed by atoms with E-state index in [0.29, 0.717) is 36.0 Å². The third kappa shape index (κ3) is 6.52. The van der Waals surface area contributed by atoms with Crippen LogP contribution >= 0.6 is 22.9 Å². The van der Waals surface area contributed by atoms with Crippen molar-refractivity contribution in [2.24, 2.45) is 4.99 Å². The number of rotatable bonds is 9. The van der Waals surface area contributed by atoms with Gasteiger partial charge in [0.25, 0.3) is 0 Å². The number of fused-ring (bicyclic) bond motifs is 1. The molecule has 1 aliphatic heterocycles. The number of benzene rings is 2. The minimum atomic E-state index is -3.67. The third-order valence-corrected chi connectivity index (χ3v) is 9.21. The summed E-state index contributed by atoms with van der Waals surface area (Å²) in [6.45, 7) is 7.71. The van der Waals surface area contributed by atoms with E-state index in [4.69, 9.17) is 16.3 Å². The molecule has 3 aromatic rings. The molecule has 0 radical (unpaired) electrons. The van der Waals surface area contributed by atoms with Gasteiger partial charge in [0.05, 0.1) is 10.6 Å². The van der Waals surface area contributed by atoms with Crippen LogP contribution in [0.2, 0.25) is 5.02 Å². The number of Topliss-reactive ketones (excluding diaryl/α,β-unsaturated/α-hetero) is 1. The third-order valence-electron chi connectivity index (χ3n) is 6.21. The number of carbonyl (C=O) groups excluding carboxylic acids is 2. The van der Waals surface area contributed by atoms with Gasteiger partial charge in [0, 0.05) is 43.8 Å². The fraction of sp³-hybridized carbons (Fsp3) is 0.346. The number of anilines is 1. The van der Waals surface area contributed by atoms with Crippen molar-refractivity contribution in [2.75, 3.05) is 36.9 Å². The number of aryl methyl sites for hydroxylation is 1. The number of carbonyl (C=O) groups is 2. The number of nitrogens with zero attached hydrogens (tertiary/aromatic N) is 3. The van der Waals surface area contributed by atoms with E-state index in [1.807, 2.05) is 22.6 Å². The summed E-state index contributed by atoms with van der Waals surface area (Å²) in [5.41, 5.74) is 0. The molecule has 2 heterocycles.